The van der Waals surface area contributed by atoms with E-state index in [1.807, 2.05) is 6.26 Å². The van der Waals surface area contributed by atoms with Crippen molar-refractivity contribution in [1.29, 1.82) is 0 Å². The molecule has 0 atom stereocenters. The number of hydrogen-bond acceptors (Lipinski definition) is 2. The van der Waals surface area contributed by atoms with Crippen molar-refractivity contribution in [3.05, 3.63) is 33.8 Å². The van der Waals surface area contributed by atoms with E-state index in [4.69, 9.17) is 0 Å². The number of ketones is 1. The van der Waals surface area contributed by atoms with Crippen LogP contribution in [0.15, 0.2) is 16.6 Å². The van der Waals surface area contributed by atoms with Gasteiger partial charge in [-0.1, -0.05) is 15.9 Å². The quantitative estimate of drug-likeness (QED) is 0.788. The van der Waals surface area contributed by atoms with E-state index in [1.54, 1.807) is 0 Å². The van der Waals surface area contributed by atoms with Crippen LogP contribution >= 0.6 is 27.7 Å². The highest BCUT2D eigenvalue weighted by Gasteiger charge is 2.17. The van der Waals surface area contributed by atoms with Crippen LogP contribution in [0.5, 0.6) is 0 Å². The van der Waals surface area contributed by atoms with Crippen LogP contribution in [0.2, 0.25) is 0 Å². The van der Waals surface area contributed by atoms with E-state index >= 15 is 0 Å². The molecule has 0 aliphatic carbocycles. The summed E-state index contributed by atoms with van der Waals surface area (Å²) in [6, 6.07) is 2.19. The summed E-state index contributed by atoms with van der Waals surface area (Å²) in [5.74, 6) is -1.55. The molecule has 0 radical (unpaired) electrons. The minimum Gasteiger partial charge on any atom is -0.294 e. The van der Waals surface area contributed by atoms with Gasteiger partial charge in [0.05, 0.1) is 5.56 Å². The number of carbonyl (C=O) groups is 1. The molecule has 15 heavy (non-hydrogen) atoms. The first kappa shape index (κ1) is 12.6. The summed E-state index contributed by atoms with van der Waals surface area (Å²) in [6.07, 6.45) is 1.98. The number of carbonyl (C=O) groups excluding carboxylic acids is 1. The number of benzene rings is 1. The van der Waals surface area contributed by atoms with Gasteiger partial charge in [0.2, 0.25) is 0 Å². The fraction of sp³-hybridized carbons (Fsp3) is 0.300. The summed E-state index contributed by atoms with van der Waals surface area (Å²) in [5.41, 5.74) is -0.438. The fourth-order valence-electron chi connectivity index (χ4n) is 1.13. The van der Waals surface area contributed by atoms with Gasteiger partial charge in [-0.15, -0.1) is 0 Å². The molecule has 0 unspecified atom stereocenters. The van der Waals surface area contributed by atoms with Crippen molar-refractivity contribution in [3.63, 3.8) is 0 Å². The molecule has 5 heteroatoms. The Bertz CT molecular complexity index is 359. The highest BCUT2D eigenvalue weighted by molar-refractivity contribution is 9.10. The van der Waals surface area contributed by atoms with E-state index in [0.717, 1.165) is 12.1 Å². The molecule has 82 valence electrons. The maximum atomic E-state index is 13.3. The van der Waals surface area contributed by atoms with Crippen molar-refractivity contribution in [2.45, 2.75) is 6.42 Å². The Kier molecular flexibility index (Phi) is 4.73. The Labute approximate surface area is 99.4 Å². The number of hydrogen-bond donors (Lipinski definition) is 0. The average molecular weight is 295 g/mol. The molecule has 0 fully saturated rings. The summed E-state index contributed by atoms with van der Waals surface area (Å²) in [7, 11) is 0. The van der Waals surface area contributed by atoms with Crippen LogP contribution in [0.3, 0.4) is 0 Å². The predicted molar refractivity (Wildman–Crippen MR) is 61.4 cm³/mol. The number of Topliss-reactive ketones (excluding diaryl/α,β-unsaturated/α-hetero) is 1. The minimum atomic E-state index is -0.812. The molecule has 0 bridgehead atoms. The van der Waals surface area contributed by atoms with E-state index in [0.29, 0.717) is 10.2 Å². The summed E-state index contributed by atoms with van der Waals surface area (Å²) >= 11 is 4.42. The van der Waals surface area contributed by atoms with Crippen LogP contribution < -0.4 is 0 Å². The second-order valence-electron chi connectivity index (χ2n) is 2.91. The van der Waals surface area contributed by atoms with Crippen LogP contribution in [-0.2, 0) is 0 Å². The van der Waals surface area contributed by atoms with Crippen molar-refractivity contribution in [2.75, 3.05) is 12.0 Å². The molecular formula is C10H9BrF2OS. The third kappa shape index (κ3) is 3.28. The molecule has 0 aliphatic rings. The Morgan fingerprint density at radius 2 is 1.93 bits per heavy atom. The minimum absolute atomic E-state index is 0.149. The van der Waals surface area contributed by atoms with Crippen molar-refractivity contribution in [3.8, 4) is 0 Å². The van der Waals surface area contributed by atoms with Crippen molar-refractivity contribution in [2.24, 2.45) is 0 Å². The average Bonchev–Trinajstić information content (AvgIpc) is 2.12. The SMILES string of the molecule is CSCCC(=O)c1c(F)cc(Br)cc1F. The summed E-state index contributed by atoms with van der Waals surface area (Å²) < 4.78 is 26.9. The molecule has 0 amide bonds. The van der Waals surface area contributed by atoms with Crippen LogP contribution in [0.4, 0.5) is 8.78 Å². The van der Waals surface area contributed by atoms with E-state index in [1.165, 1.54) is 11.8 Å². The predicted octanol–water partition coefficient (Wildman–Crippen LogP) is 3.66. The van der Waals surface area contributed by atoms with Gasteiger partial charge < -0.3 is 0 Å². The molecule has 0 aromatic heterocycles. The second-order valence-corrected chi connectivity index (χ2v) is 4.81. The van der Waals surface area contributed by atoms with Crippen molar-refractivity contribution in [1.82, 2.24) is 0 Å². The standard InChI is InChI=1S/C10H9BrF2OS/c1-15-3-2-9(14)10-7(12)4-6(11)5-8(10)13/h4-5H,2-3H2,1H3. The zero-order valence-corrected chi connectivity index (χ0v) is 10.4. The lowest BCUT2D eigenvalue weighted by Crippen LogP contribution is -2.07. The monoisotopic (exact) mass is 294 g/mol. The van der Waals surface area contributed by atoms with Crippen LogP contribution in [0, 0.1) is 11.6 Å². The lowest BCUT2D eigenvalue weighted by atomic mass is 10.1. The van der Waals surface area contributed by atoms with Gasteiger partial charge in [-0.05, 0) is 18.4 Å². The molecule has 1 rings (SSSR count). The van der Waals surface area contributed by atoms with Gasteiger partial charge in [0.25, 0.3) is 0 Å². The second kappa shape index (κ2) is 5.61. The first-order chi connectivity index (χ1) is 7.06. The fourth-order valence-corrected chi connectivity index (χ4v) is 1.92. The summed E-state index contributed by atoms with van der Waals surface area (Å²) in [4.78, 5) is 11.4. The molecule has 1 aromatic rings. The Balaban J connectivity index is 2.98. The van der Waals surface area contributed by atoms with E-state index in [2.05, 4.69) is 15.9 Å². The van der Waals surface area contributed by atoms with Crippen LogP contribution in [0.1, 0.15) is 16.8 Å². The molecule has 1 nitrogen and oxygen atoms in total. The maximum absolute atomic E-state index is 13.3. The third-order valence-electron chi connectivity index (χ3n) is 1.82. The molecular weight excluding hydrogens is 286 g/mol. The Morgan fingerprint density at radius 3 is 2.40 bits per heavy atom. The smallest absolute Gasteiger partial charge is 0.169 e. The molecule has 0 N–H and O–H groups in total. The van der Waals surface area contributed by atoms with Gasteiger partial charge in [-0.3, -0.25) is 4.79 Å². The van der Waals surface area contributed by atoms with Crippen LogP contribution in [0.25, 0.3) is 0 Å². The summed E-state index contributed by atoms with van der Waals surface area (Å²) in [5, 5.41) is 0. The first-order valence-electron chi connectivity index (χ1n) is 4.23. The van der Waals surface area contributed by atoms with Crippen molar-refractivity contribution < 1.29 is 13.6 Å². The van der Waals surface area contributed by atoms with E-state index in [-0.39, 0.29) is 6.42 Å². The van der Waals surface area contributed by atoms with E-state index < -0.39 is 23.0 Å². The van der Waals surface area contributed by atoms with Gasteiger partial charge in [-0.25, -0.2) is 8.78 Å². The molecule has 0 spiro atoms. The van der Waals surface area contributed by atoms with Gasteiger partial charge in [0.1, 0.15) is 11.6 Å². The Hall–Kier alpha value is -0.420. The summed E-state index contributed by atoms with van der Waals surface area (Å²) in [6.45, 7) is 0. The molecule has 0 heterocycles. The number of halogens is 3. The maximum Gasteiger partial charge on any atom is 0.169 e. The lowest BCUT2D eigenvalue weighted by molar-refractivity contribution is 0.0981. The molecule has 1 aromatic carbocycles. The highest BCUT2D eigenvalue weighted by Crippen LogP contribution is 2.21. The molecule has 0 saturated heterocycles. The zero-order valence-electron chi connectivity index (χ0n) is 8.02. The van der Waals surface area contributed by atoms with Gasteiger partial charge >= 0.3 is 0 Å². The van der Waals surface area contributed by atoms with Crippen LogP contribution in [-0.4, -0.2) is 17.8 Å². The normalized spacial score (nSPS) is 10.4. The first-order valence-corrected chi connectivity index (χ1v) is 6.41. The largest absolute Gasteiger partial charge is 0.294 e. The topological polar surface area (TPSA) is 17.1 Å². The molecule has 0 aliphatic heterocycles. The highest BCUT2D eigenvalue weighted by atomic mass is 79.9. The third-order valence-corrected chi connectivity index (χ3v) is 2.89. The van der Waals surface area contributed by atoms with Crippen molar-refractivity contribution >= 4 is 33.5 Å². The van der Waals surface area contributed by atoms with Gasteiger partial charge in [-0.2, -0.15) is 11.8 Å². The lowest BCUT2D eigenvalue weighted by Gasteiger charge is -2.04. The van der Waals surface area contributed by atoms with Gasteiger partial charge in [0.15, 0.2) is 5.78 Å². The van der Waals surface area contributed by atoms with E-state index in [9.17, 15) is 13.6 Å². The number of thioether (sulfide) groups is 1. The molecule has 0 saturated carbocycles. The number of rotatable bonds is 4. The Morgan fingerprint density at radius 1 is 1.40 bits per heavy atom. The van der Waals surface area contributed by atoms with Gasteiger partial charge in [0, 0.05) is 16.6 Å². The zero-order chi connectivity index (χ0) is 11.4.